The zero-order valence-electron chi connectivity index (χ0n) is 10.9. The average Bonchev–Trinajstić information content (AvgIpc) is 2.74. The van der Waals surface area contributed by atoms with Crippen LogP contribution in [0.1, 0.15) is 23.4 Å². The highest BCUT2D eigenvalue weighted by Gasteiger charge is 2.08. The smallest absolute Gasteiger partial charge is 0.176 e. The Morgan fingerprint density at radius 3 is 2.61 bits per heavy atom. The van der Waals surface area contributed by atoms with Crippen LogP contribution in [0.2, 0.25) is 0 Å². The number of tetrazole rings is 1. The Balaban J connectivity index is 1.81. The summed E-state index contributed by atoms with van der Waals surface area (Å²) in [5, 5.41) is 11.9. The van der Waals surface area contributed by atoms with E-state index in [1.165, 1.54) is 15.9 Å². The molecule has 96 valence electrons. The molecule has 0 radical (unpaired) electrons. The molecular weight excluding hydrogens is 226 g/mol. The standard InChI is InChI=1S/C13H19N5/c1-10-3-5-11(6-4-10)7-8-12(14)9-13-15-17-18(2)16-13/h3-6,12H,7-9,14H2,1-2H3. The molecule has 0 spiro atoms. The minimum Gasteiger partial charge on any atom is -0.327 e. The Hall–Kier alpha value is -1.75. The first kappa shape index (κ1) is 12.7. The second-order valence-corrected chi connectivity index (χ2v) is 4.68. The van der Waals surface area contributed by atoms with E-state index in [0.29, 0.717) is 12.2 Å². The van der Waals surface area contributed by atoms with Gasteiger partial charge in [0.1, 0.15) is 0 Å². The number of aryl methyl sites for hydroxylation is 3. The van der Waals surface area contributed by atoms with Gasteiger partial charge in [0, 0.05) is 12.5 Å². The SMILES string of the molecule is Cc1ccc(CCC(N)Cc2nnn(C)n2)cc1. The van der Waals surface area contributed by atoms with Crippen LogP contribution in [0.5, 0.6) is 0 Å². The predicted molar refractivity (Wildman–Crippen MR) is 70.0 cm³/mol. The molecule has 1 atom stereocenters. The molecule has 0 saturated heterocycles. The molecule has 18 heavy (non-hydrogen) atoms. The van der Waals surface area contributed by atoms with Crippen molar-refractivity contribution in [2.75, 3.05) is 0 Å². The van der Waals surface area contributed by atoms with E-state index < -0.39 is 0 Å². The number of rotatable bonds is 5. The molecule has 0 fully saturated rings. The third-order valence-corrected chi connectivity index (χ3v) is 2.92. The number of nitrogens with two attached hydrogens (primary N) is 1. The molecule has 2 N–H and O–H groups in total. The zero-order valence-corrected chi connectivity index (χ0v) is 10.9. The molecule has 0 aliphatic rings. The van der Waals surface area contributed by atoms with Gasteiger partial charge in [-0.05, 0) is 30.5 Å². The Morgan fingerprint density at radius 1 is 1.28 bits per heavy atom. The largest absolute Gasteiger partial charge is 0.327 e. The third kappa shape index (κ3) is 3.63. The Morgan fingerprint density at radius 2 is 2.00 bits per heavy atom. The lowest BCUT2D eigenvalue weighted by atomic mass is 10.0. The maximum Gasteiger partial charge on any atom is 0.176 e. The molecule has 1 heterocycles. The maximum atomic E-state index is 6.08. The molecule has 1 aromatic heterocycles. The lowest BCUT2D eigenvalue weighted by Gasteiger charge is -2.09. The molecule has 0 aliphatic carbocycles. The molecule has 5 nitrogen and oxygen atoms in total. The fourth-order valence-corrected chi connectivity index (χ4v) is 1.85. The number of hydrogen-bond donors (Lipinski definition) is 1. The molecule has 0 amide bonds. The van der Waals surface area contributed by atoms with Crippen LogP contribution in [0.3, 0.4) is 0 Å². The second kappa shape index (κ2) is 5.73. The quantitative estimate of drug-likeness (QED) is 0.854. The first-order chi connectivity index (χ1) is 8.63. The number of nitrogens with zero attached hydrogens (tertiary/aromatic N) is 4. The van der Waals surface area contributed by atoms with Gasteiger partial charge in [-0.25, -0.2) is 0 Å². The minimum atomic E-state index is 0.0792. The van der Waals surface area contributed by atoms with Crippen LogP contribution < -0.4 is 5.73 Å². The number of aromatic nitrogens is 4. The highest BCUT2D eigenvalue weighted by atomic mass is 15.6. The van der Waals surface area contributed by atoms with Crippen LogP contribution in [0, 0.1) is 6.92 Å². The van der Waals surface area contributed by atoms with Gasteiger partial charge < -0.3 is 5.73 Å². The maximum absolute atomic E-state index is 6.08. The summed E-state index contributed by atoms with van der Waals surface area (Å²) in [5.41, 5.74) is 8.68. The fourth-order valence-electron chi connectivity index (χ4n) is 1.85. The van der Waals surface area contributed by atoms with Crippen molar-refractivity contribution in [3.63, 3.8) is 0 Å². The number of benzene rings is 1. The van der Waals surface area contributed by atoms with Gasteiger partial charge in [-0.15, -0.1) is 10.2 Å². The summed E-state index contributed by atoms with van der Waals surface area (Å²) in [6.07, 6.45) is 2.60. The molecule has 2 aromatic rings. The molecule has 2 rings (SSSR count). The van der Waals surface area contributed by atoms with Gasteiger partial charge in [-0.3, -0.25) is 0 Å². The average molecular weight is 245 g/mol. The van der Waals surface area contributed by atoms with Crippen molar-refractivity contribution >= 4 is 0 Å². The van der Waals surface area contributed by atoms with E-state index in [0.717, 1.165) is 12.8 Å². The summed E-state index contributed by atoms with van der Waals surface area (Å²) in [6, 6.07) is 8.65. The van der Waals surface area contributed by atoms with Gasteiger partial charge in [0.25, 0.3) is 0 Å². The van der Waals surface area contributed by atoms with Gasteiger partial charge in [0.05, 0.1) is 7.05 Å². The van der Waals surface area contributed by atoms with E-state index in [1.54, 1.807) is 7.05 Å². The van der Waals surface area contributed by atoms with Crippen LogP contribution in [-0.4, -0.2) is 26.2 Å². The van der Waals surface area contributed by atoms with Gasteiger partial charge in [0.2, 0.25) is 0 Å². The number of hydrogen-bond acceptors (Lipinski definition) is 4. The molecule has 0 bridgehead atoms. The summed E-state index contributed by atoms with van der Waals surface area (Å²) in [4.78, 5) is 1.46. The van der Waals surface area contributed by atoms with Crippen molar-refractivity contribution in [1.29, 1.82) is 0 Å². The van der Waals surface area contributed by atoms with E-state index in [2.05, 4.69) is 46.6 Å². The highest BCUT2D eigenvalue weighted by molar-refractivity contribution is 5.21. The Bertz CT molecular complexity index is 488. The van der Waals surface area contributed by atoms with E-state index in [1.807, 2.05) is 0 Å². The van der Waals surface area contributed by atoms with Gasteiger partial charge in [-0.1, -0.05) is 29.8 Å². The van der Waals surface area contributed by atoms with E-state index >= 15 is 0 Å². The van der Waals surface area contributed by atoms with E-state index in [9.17, 15) is 0 Å². The van der Waals surface area contributed by atoms with Gasteiger partial charge in [-0.2, -0.15) is 4.80 Å². The first-order valence-corrected chi connectivity index (χ1v) is 6.17. The summed E-state index contributed by atoms with van der Waals surface area (Å²) in [6.45, 7) is 2.09. The predicted octanol–water partition coefficient (Wildman–Crippen LogP) is 1.02. The zero-order chi connectivity index (χ0) is 13.0. The van der Waals surface area contributed by atoms with Gasteiger partial charge >= 0.3 is 0 Å². The van der Waals surface area contributed by atoms with Gasteiger partial charge in [0.15, 0.2) is 5.82 Å². The van der Waals surface area contributed by atoms with Crippen LogP contribution in [-0.2, 0) is 19.9 Å². The van der Waals surface area contributed by atoms with Crippen molar-refractivity contribution in [1.82, 2.24) is 20.2 Å². The van der Waals surface area contributed by atoms with Crippen LogP contribution in [0.15, 0.2) is 24.3 Å². The third-order valence-electron chi connectivity index (χ3n) is 2.92. The van der Waals surface area contributed by atoms with E-state index in [-0.39, 0.29) is 6.04 Å². The lowest BCUT2D eigenvalue weighted by Crippen LogP contribution is -2.24. The molecule has 5 heteroatoms. The molecule has 1 aromatic carbocycles. The molecular formula is C13H19N5. The topological polar surface area (TPSA) is 69.6 Å². The van der Waals surface area contributed by atoms with Crippen molar-refractivity contribution in [2.45, 2.75) is 32.2 Å². The van der Waals surface area contributed by atoms with Crippen LogP contribution in [0.25, 0.3) is 0 Å². The molecule has 0 aliphatic heterocycles. The normalized spacial score (nSPS) is 12.6. The summed E-state index contributed by atoms with van der Waals surface area (Å²) >= 11 is 0. The molecule has 0 saturated carbocycles. The lowest BCUT2D eigenvalue weighted by molar-refractivity contribution is 0.587. The summed E-state index contributed by atoms with van der Waals surface area (Å²) < 4.78 is 0. The monoisotopic (exact) mass is 245 g/mol. The van der Waals surface area contributed by atoms with Crippen molar-refractivity contribution in [3.8, 4) is 0 Å². The fraction of sp³-hybridized carbons (Fsp3) is 0.462. The van der Waals surface area contributed by atoms with E-state index in [4.69, 9.17) is 5.73 Å². The van der Waals surface area contributed by atoms with Crippen LogP contribution in [0.4, 0.5) is 0 Å². The van der Waals surface area contributed by atoms with Crippen molar-refractivity contribution in [3.05, 3.63) is 41.2 Å². The van der Waals surface area contributed by atoms with Crippen LogP contribution >= 0.6 is 0 Å². The molecule has 1 unspecified atom stereocenters. The highest BCUT2D eigenvalue weighted by Crippen LogP contribution is 2.08. The van der Waals surface area contributed by atoms with Crippen molar-refractivity contribution < 1.29 is 0 Å². The summed E-state index contributed by atoms with van der Waals surface area (Å²) in [7, 11) is 1.76. The first-order valence-electron chi connectivity index (χ1n) is 6.17. The Kier molecular flexibility index (Phi) is 4.04. The summed E-state index contributed by atoms with van der Waals surface area (Å²) in [5.74, 6) is 0.717. The second-order valence-electron chi connectivity index (χ2n) is 4.68. The Labute approximate surface area is 107 Å². The van der Waals surface area contributed by atoms with Crippen molar-refractivity contribution in [2.24, 2.45) is 12.8 Å². The minimum absolute atomic E-state index is 0.0792.